The summed E-state index contributed by atoms with van der Waals surface area (Å²) in [6.45, 7) is 1.42. The van der Waals surface area contributed by atoms with Crippen molar-refractivity contribution in [3.05, 3.63) is 46.1 Å². The first-order chi connectivity index (χ1) is 9.25. The van der Waals surface area contributed by atoms with E-state index in [0.717, 1.165) is 12.1 Å². The third kappa shape index (κ3) is 3.50. The number of halogens is 4. The molecule has 0 saturated heterocycles. The van der Waals surface area contributed by atoms with Crippen LogP contribution in [0.25, 0.3) is 11.3 Å². The molecule has 106 valence electrons. The second kappa shape index (κ2) is 5.44. The molecule has 0 aliphatic carbocycles. The van der Waals surface area contributed by atoms with E-state index in [1.165, 1.54) is 13.0 Å². The average Bonchev–Trinajstić information content (AvgIpc) is 2.74. The minimum Gasteiger partial charge on any atom is -0.461 e. The number of carbonyl (C=O) groups excluding carboxylic acids is 1. The average molecular weight is 347 g/mol. The molecule has 0 atom stereocenters. The Bertz CT molecular complexity index is 644. The smallest absolute Gasteiger partial charge is 0.416 e. The summed E-state index contributed by atoms with van der Waals surface area (Å²) in [7, 11) is 0. The maximum absolute atomic E-state index is 12.7. The molecule has 0 spiro atoms. The van der Waals surface area contributed by atoms with Gasteiger partial charge in [-0.05, 0) is 37.3 Å². The first-order valence-corrected chi connectivity index (χ1v) is 6.51. The molecule has 0 aliphatic heterocycles. The van der Waals surface area contributed by atoms with E-state index in [2.05, 4.69) is 15.9 Å². The summed E-state index contributed by atoms with van der Waals surface area (Å²) in [5, 5.41) is 0. The number of alkyl halides is 3. The third-order valence-corrected chi connectivity index (χ3v) is 3.05. The van der Waals surface area contributed by atoms with E-state index in [1.54, 1.807) is 12.1 Å². The molecular weight excluding hydrogens is 337 g/mol. The fourth-order valence-electron chi connectivity index (χ4n) is 1.77. The number of Topliss-reactive ketones (excluding diaryl/α,β-unsaturated/α-hetero) is 1. The van der Waals surface area contributed by atoms with E-state index >= 15 is 0 Å². The Morgan fingerprint density at radius 3 is 2.55 bits per heavy atom. The van der Waals surface area contributed by atoms with Gasteiger partial charge in [-0.1, -0.05) is 15.9 Å². The fourth-order valence-corrected chi connectivity index (χ4v) is 2.26. The van der Waals surface area contributed by atoms with Gasteiger partial charge in [-0.25, -0.2) is 0 Å². The van der Waals surface area contributed by atoms with Gasteiger partial charge in [0, 0.05) is 10.0 Å². The highest BCUT2D eigenvalue weighted by molar-refractivity contribution is 9.10. The summed E-state index contributed by atoms with van der Waals surface area (Å²) in [6.07, 6.45) is -4.30. The van der Waals surface area contributed by atoms with Crippen molar-refractivity contribution in [1.82, 2.24) is 0 Å². The van der Waals surface area contributed by atoms with Crippen molar-refractivity contribution >= 4 is 21.7 Å². The normalized spacial score (nSPS) is 11.7. The van der Waals surface area contributed by atoms with Crippen molar-refractivity contribution in [2.24, 2.45) is 0 Å². The summed E-state index contributed by atoms with van der Waals surface area (Å²) in [5.41, 5.74) is -0.451. The first kappa shape index (κ1) is 14.8. The molecule has 0 aliphatic rings. The summed E-state index contributed by atoms with van der Waals surface area (Å²) < 4.78 is 43.9. The molecule has 20 heavy (non-hydrogen) atoms. The van der Waals surface area contributed by atoms with Gasteiger partial charge < -0.3 is 4.42 Å². The second-order valence-electron chi connectivity index (χ2n) is 4.37. The van der Waals surface area contributed by atoms with Crippen LogP contribution in [-0.2, 0) is 17.4 Å². The van der Waals surface area contributed by atoms with Crippen molar-refractivity contribution in [1.29, 1.82) is 0 Å². The van der Waals surface area contributed by atoms with Crippen LogP contribution in [0.2, 0.25) is 0 Å². The molecule has 0 amide bonds. The Morgan fingerprint density at radius 1 is 1.25 bits per heavy atom. The number of ketones is 1. The van der Waals surface area contributed by atoms with Gasteiger partial charge >= 0.3 is 6.18 Å². The number of hydrogen-bond donors (Lipinski definition) is 0. The summed E-state index contributed by atoms with van der Waals surface area (Å²) in [6, 6.07) is 6.70. The molecule has 0 fully saturated rings. The minimum atomic E-state index is -4.42. The van der Waals surface area contributed by atoms with E-state index in [-0.39, 0.29) is 12.2 Å². The van der Waals surface area contributed by atoms with Crippen LogP contribution in [0.3, 0.4) is 0 Å². The zero-order chi connectivity index (χ0) is 14.9. The summed E-state index contributed by atoms with van der Waals surface area (Å²) >= 11 is 3.05. The summed E-state index contributed by atoms with van der Waals surface area (Å²) in [4.78, 5) is 11.0. The topological polar surface area (TPSA) is 30.2 Å². The monoisotopic (exact) mass is 346 g/mol. The molecular formula is C14H10BrF3O2. The van der Waals surface area contributed by atoms with Gasteiger partial charge in [0.15, 0.2) is 0 Å². The molecule has 0 saturated carbocycles. The van der Waals surface area contributed by atoms with Crippen molar-refractivity contribution in [2.75, 3.05) is 0 Å². The Balaban J connectivity index is 2.40. The molecule has 0 radical (unpaired) electrons. The SMILES string of the molecule is CC(=O)Cc1ccc(-c2cc(Br)cc(C(F)(F)F)c2)o1. The number of carbonyl (C=O) groups is 1. The maximum atomic E-state index is 12.7. The standard InChI is InChI=1S/C14H10BrF3O2/c1-8(19)4-12-2-3-13(20-12)9-5-10(14(16,17)18)7-11(15)6-9/h2-3,5-7H,4H2,1H3. The lowest BCUT2D eigenvalue weighted by molar-refractivity contribution is -0.137. The Morgan fingerprint density at radius 2 is 1.95 bits per heavy atom. The van der Waals surface area contributed by atoms with E-state index in [0.29, 0.717) is 21.6 Å². The molecule has 2 rings (SSSR count). The molecule has 1 heterocycles. The Kier molecular flexibility index (Phi) is 4.04. The number of furan rings is 1. The largest absolute Gasteiger partial charge is 0.461 e. The van der Waals surface area contributed by atoms with Crippen LogP contribution in [0.15, 0.2) is 39.2 Å². The van der Waals surface area contributed by atoms with Gasteiger partial charge in [0.2, 0.25) is 0 Å². The lowest BCUT2D eigenvalue weighted by atomic mass is 10.1. The molecule has 1 aromatic heterocycles. The van der Waals surface area contributed by atoms with E-state index in [1.807, 2.05) is 0 Å². The lowest BCUT2D eigenvalue weighted by Gasteiger charge is -2.08. The van der Waals surface area contributed by atoms with E-state index in [9.17, 15) is 18.0 Å². The van der Waals surface area contributed by atoms with Crippen LogP contribution < -0.4 is 0 Å². The number of rotatable bonds is 3. The first-order valence-electron chi connectivity index (χ1n) is 5.72. The van der Waals surface area contributed by atoms with Crippen molar-refractivity contribution in [3.8, 4) is 11.3 Å². The zero-order valence-electron chi connectivity index (χ0n) is 10.4. The molecule has 1 aromatic carbocycles. The van der Waals surface area contributed by atoms with Crippen LogP contribution in [0.4, 0.5) is 13.2 Å². The summed E-state index contributed by atoms with van der Waals surface area (Å²) in [5.74, 6) is 0.658. The molecule has 2 aromatic rings. The van der Waals surface area contributed by atoms with Crippen LogP contribution in [0, 0.1) is 0 Å². The van der Waals surface area contributed by atoms with E-state index in [4.69, 9.17) is 4.42 Å². The third-order valence-electron chi connectivity index (χ3n) is 2.59. The Hall–Kier alpha value is -1.56. The van der Waals surface area contributed by atoms with E-state index < -0.39 is 11.7 Å². The molecule has 0 bridgehead atoms. The maximum Gasteiger partial charge on any atom is 0.416 e. The second-order valence-corrected chi connectivity index (χ2v) is 5.29. The van der Waals surface area contributed by atoms with Crippen LogP contribution in [0.5, 0.6) is 0 Å². The molecule has 2 nitrogen and oxygen atoms in total. The molecule has 0 unspecified atom stereocenters. The lowest BCUT2D eigenvalue weighted by Crippen LogP contribution is -2.04. The Labute approximate surface area is 121 Å². The minimum absolute atomic E-state index is 0.0730. The zero-order valence-corrected chi connectivity index (χ0v) is 12.0. The van der Waals surface area contributed by atoms with Gasteiger partial charge in [-0.15, -0.1) is 0 Å². The highest BCUT2D eigenvalue weighted by atomic mass is 79.9. The predicted molar refractivity (Wildman–Crippen MR) is 71.2 cm³/mol. The van der Waals surface area contributed by atoms with Gasteiger partial charge in [-0.2, -0.15) is 13.2 Å². The van der Waals surface area contributed by atoms with Crippen LogP contribution >= 0.6 is 15.9 Å². The number of hydrogen-bond acceptors (Lipinski definition) is 2. The van der Waals surface area contributed by atoms with Crippen molar-refractivity contribution in [3.63, 3.8) is 0 Å². The predicted octanol–water partition coefficient (Wildman–Crippen LogP) is 4.86. The quantitative estimate of drug-likeness (QED) is 0.794. The highest BCUT2D eigenvalue weighted by Gasteiger charge is 2.31. The van der Waals surface area contributed by atoms with Crippen molar-refractivity contribution in [2.45, 2.75) is 19.5 Å². The molecule has 0 N–H and O–H groups in total. The fraction of sp³-hybridized carbons (Fsp3) is 0.214. The van der Waals surface area contributed by atoms with Gasteiger partial charge in [0.05, 0.1) is 12.0 Å². The molecule has 6 heteroatoms. The van der Waals surface area contributed by atoms with Gasteiger partial charge in [0.1, 0.15) is 17.3 Å². The number of benzene rings is 1. The van der Waals surface area contributed by atoms with Gasteiger partial charge in [0.25, 0.3) is 0 Å². The van der Waals surface area contributed by atoms with Crippen LogP contribution in [0.1, 0.15) is 18.2 Å². The van der Waals surface area contributed by atoms with Crippen LogP contribution in [-0.4, -0.2) is 5.78 Å². The van der Waals surface area contributed by atoms with Gasteiger partial charge in [-0.3, -0.25) is 4.79 Å². The highest BCUT2D eigenvalue weighted by Crippen LogP contribution is 2.35. The van der Waals surface area contributed by atoms with Crippen molar-refractivity contribution < 1.29 is 22.4 Å².